The monoisotopic (exact) mass is 430 g/mol. The van der Waals surface area contributed by atoms with Crippen molar-refractivity contribution in [1.82, 2.24) is 5.32 Å². The highest BCUT2D eigenvalue weighted by Gasteiger charge is 2.36. The number of phenolic OH excluding ortho intramolecular Hbond substituents is 1. The molecular formula is C22H23FN2O4S. The first-order valence-electron chi connectivity index (χ1n) is 9.40. The van der Waals surface area contributed by atoms with Crippen LogP contribution in [0, 0.1) is 12.7 Å². The van der Waals surface area contributed by atoms with Crippen LogP contribution in [0.1, 0.15) is 31.0 Å². The Morgan fingerprint density at radius 1 is 1.27 bits per heavy atom. The van der Waals surface area contributed by atoms with Crippen molar-refractivity contribution in [2.75, 3.05) is 18.6 Å². The van der Waals surface area contributed by atoms with Crippen molar-refractivity contribution < 1.29 is 23.8 Å². The van der Waals surface area contributed by atoms with Gasteiger partial charge >= 0.3 is 5.97 Å². The molecule has 0 saturated carbocycles. The summed E-state index contributed by atoms with van der Waals surface area (Å²) in [5, 5.41) is 13.4. The van der Waals surface area contributed by atoms with Crippen LogP contribution in [0.5, 0.6) is 11.5 Å². The number of hydrogen-bond donors (Lipinski definition) is 2. The van der Waals surface area contributed by atoms with Gasteiger partial charge in [-0.25, -0.2) is 9.18 Å². The number of carbonyl (C=O) groups is 1. The quantitative estimate of drug-likeness (QED) is 0.546. The predicted molar refractivity (Wildman–Crippen MR) is 116 cm³/mol. The largest absolute Gasteiger partial charge is 0.504 e. The molecule has 0 radical (unpaired) electrons. The summed E-state index contributed by atoms with van der Waals surface area (Å²) < 4.78 is 24.7. The first kappa shape index (κ1) is 21.6. The third-order valence-corrected chi connectivity index (χ3v) is 5.23. The minimum Gasteiger partial charge on any atom is -0.504 e. The Morgan fingerprint density at radius 3 is 2.63 bits per heavy atom. The number of anilines is 1. The van der Waals surface area contributed by atoms with Crippen molar-refractivity contribution in [3.63, 3.8) is 0 Å². The fraction of sp³-hybridized carbons (Fsp3) is 0.273. The van der Waals surface area contributed by atoms with Crippen molar-refractivity contribution in [2.24, 2.45) is 0 Å². The molecule has 0 amide bonds. The van der Waals surface area contributed by atoms with Gasteiger partial charge in [-0.3, -0.25) is 4.90 Å². The third-order valence-electron chi connectivity index (χ3n) is 4.93. The van der Waals surface area contributed by atoms with Crippen LogP contribution < -0.4 is 15.0 Å². The van der Waals surface area contributed by atoms with Crippen LogP contribution in [0.2, 0.25) is 0 Å². The van der Waals surface area contributed by atoms with E-state index in [1.807, 2.05) is 0 Å². The second-order valence-corrected chi connectivity index (χ2v) is 7.19. The molecular weight excluding hydrogens is 407 g/mol. The van der Waals surface area contributed by atoms with Gasteiger partial charge in [-0.15, -0.1) is 0 Å². The summed E-state index contributed by atoms with van der Waals surface area (Å²) in [5.41, 5.74) is 2.52. The highest BCUT2D eigenvalue weighted by molar-refractivity contribution is 7.80. The fourth-order valence-corrected chi connectivity index (χ4v) is 3.73. The van der Waals surface area contributed by atoms with E-state index in [-0.39, 0.29) is 23.9 Å². The average Bonchev–Trinajstić information content (AvgIpc) is 2.70. The van der Waals surface area contributed by atoms with E-state index in [1.54, 1.807) is 49.9 Å². The molecule has 1 aliphatic rings. The molecule has 0 aromatic heterocycles. The van der Waals surface area contributed by atoms with Crippen LogP contribution in [0.3, 0.4) is 0 Å². The molecule has 6 nitrogen and oxygen atoms in total. The van der Waals surface area contributed by atoms with Crippen molar-refractivity contribution in [3.05, 3.63) is 64.6 Å². The van der Waals surface area contributed by atoms with E-state index in [4.69, 9.17) is 21.7 Å². The van der Waals surface area contributed by atoms with Gasteiger partial charge in [0.25, 0.3) is 0 Å². The summed E-state index contributed by atoms with van der Waals surface area (Å²) in [6, 6.07) is 8.93. The maximum atomic E-state index is 14.2. The number of aryl methyl sites for hydroxylation is 1. The van der Waals surface area contributed by atoms with Crippen LogP contribution in [-0.2, 0) is 9.53 Å². The Hall–Kier alpha value is -3.13. The zero-order chi connectivity index (χ0) is 22.0. The highest BCUT2D eigenvalue weighted by atomic mass is 32.1. The number of phenols is 1. The number of rotatable bonds is 5. The van der Waals surface area contributed by atoms with Gasteiger partial charge in [0.1, 0.15) is 5.82 Å². The van der Waals surface area contributed by atoms with E-state index in [0.29, 0.717) is 33.2 Å². The van der Waals surface area contributed by atoms with Crippen molar-refractivity contribution in [2.45, 2.75) is 26.8 Å². The van der Waals surface area contributed by atoms with E-state index < -0.39 is 12.0 Å². The number of nitrogens with one attached hydrogen (secondary N) is 1. The van der Waals surface area contributed by atoms with Gasteiger partial charge in [0.05, 0.1) is 31.0 Å². The van der Waals surface area contributed by atoms with Gasteiger partial charge in [-0.2, -0.15) is 0 Å². The zero-order valence-electron chi connectivity index (χ0n) is 17.2. The lowest BCUT2D eigenvalue weighted by molar-refractivity contribution is -0.139. The molecule has 0 saturated heterocycles. The molecule has 1 heterocycles. The Balaban J connectivity index is 2.15. The number of methoxy groups -OCH3 is 1. The molecule has 158 valence electrons. The molecule has 30 heavy (non-hydrogen) atoms. The van der Waals surface area contributed by atoms with E-state index in [2.05, 4.69) is 5.32 Å². The van der Waals surface area contributed by atoms with E-state index in [0.717, 1.165) is 0 Å². The van der Waals surface area contributed by atoms with Gasteiger partial charge in [0.2, 0.25) is 0 Å². The third kappa shape index (κ3) is 3.95. The zero-order valence-corrected chi connectivity index (χ0v) is 18.0. The molecule has 0 bridgehead atoms. The number of nitrogens with zero attached hydrogens (tertiary/aromatic N) is 1. The summed E-state index contributed by atoms with van der Waals surface area (Å²) in [6.45, 7) is 5.33. The molecule has 1 atom stereocenters. The molecule has 2 aromatic carbocycles. The van der Waals surface area contributed by atoms with E-state index >= 15 is 0 Å². The molecule has 3 rings (SSSR count). The van der Waals surface area contributed by atoms with Crippen molar-refractivity contribution in [1.29, 1.82) is 0 Å². The molecule has 8 heteroatoms. The average molecular weight is 431 g/mol. The lowest BCUT2D eigenvalue weighted by Crippen LogP contribution is -2.48. The smallest absolute Gasteiger partial charge is 0.338 e. The first-order chi connectivity index (χ1) is 14.3. The number of allylic oxidation sites excluding steroid dienone is 1. The van der Waals surface area contributed by atoms with Crippen LogP contribution in [0.25, 0.3) is 0 Å². The Labute approximate surface area is 179 Å². The molecule has 0 aliphatic carbocycles. The van der Waals surface area contributed by atoms with Crippen molar-refractivity contribution in [3.8, 4) is 11.5 Å². The molecule has 0 fully saturated rings. The molecule has 2 aromatic rings. The van der Waals surface area contributed by atoms with E-state index in [1.165, 1.54) is 19.2 Å². The summed E-state index contributed by atoms with van der Waals surface area (Å²) in [5.74, 6) is -0.635. The lowest BCUT2D eigenvalue weighted by atomic mass is 9.94. The Kier molecular flexibility index (Phi) is 6.26. The second kappa shape index (κ2) is 8.71. The van der Waals surface area contributed by atoms with Crippen LogP contribution in [-0.4, -0.2) is 29.9 Å². The number of halogens is 1. The van der Waals surface area contributed by atoms with Crippen molar-refractivity contribution >= 4 is 29.0 Å². The fourth-order valence-electron chi connectivity index (χ4n) is 3.37. The van der Waals surface area contributed by atoms with Gasteiger partial charge in [-0.1, -0.05) is 12.1 Å². The van der Waals surface area contributed by atoms with Crippen LogP contribution in [0.15, 0.2) is 47.7 Å². The maximum Gasteiger partial charge on any atom is 0.338 e. The first-order valence-corrected chi connectivity index (χ1v) is 9.80. The minimum absolute atomic E-state index is 0.0187. The number of ether oxygens (including phenoxy) is 2. The van der Waals surface area contributed by atoms with E-state index in [9.17, 15) is 14.3 Å². The molecule has 0 spiro atoms. The van der Waals surface area contributed by atoms with Gasteiger partial charge in [0, 0.05) is 5.70 Å². The number of benzene rings is 2. The second-order valence-electron chi connectivity index (χ2n) is 6.80. The predicted octanol–water partition coefficient (Wildman–Crippen LogP) is 4.12. The van der Waals surface area contributed by atoms with Crippen LogP contribution in [0.4, 0.5) is 10.1 Å². The summed E-state index contributed by atoms with van der Waals surface area (Å²) in [6.07, 6.45) is 0. The van der Waals surface area contributed by atoms with Gasteiger partial charge in [0.15, 0.2) is 16.6 Å². The van der Waals surface area contributed by atoms with Gasteiger partial charge in [-0.05, 0) is 68.4 Å². The number of thiocarbonyl (C=S) groups is 1. The van der Waals surface area contributed by atoms with Crippen LogP contribution >= 0.6 is 12.2 Å². The minimum atomic E-state index is -0.627. The molecule has 2 N–H and O–H groups in total. The Morgan fingerprint density at radius 2 is 2.00 bits per heavy atom. The Bertz CT molecular complexity index is 1040. The summed E-state index contributed by atoms with van der Waals surface area (Å²) >= 11 is 5.56. The standard InChI is InChI=1S/C22H23FN2O4S/c1-5-29-21(27)19-13(3)25(15-8-6-12(2)16(23)11-15)22(30)24-20(19)14-7-9-17(26)18(10-14)28-4/h6-11,20,26H,5H2,1-4H3,(H,24,30). The summed E-state index contributed by atoms with van der Waals surface area (Å²) in [4.78, 5) is 14.5. The SMILES string of the molecule is CCOC(=O)C1=C(C)N(c2ccc(C)c(F)c2)C(=S)NC1c1ccc(O)c(OC)c1. The maximum absolute atomic E-state index is 14.2. The number of carbonyl (C=O) groups excluding carboxylic acids is 1. The van der Waals surface area contributed by atoms with Gasteiger partial charge < -0.3 is 19.9 Å². The number of esters is 1. The normalized spacial score (nSPS) is 16.4. The number of aromatic hydroxyl groups is 1. The molecule has 1 unspecified atom stereocenters. The molecule has 1 aliphatic heterocycles. The lowest BCUT2D eigenvalue weighted by Gasteiger charge is -2.37. The number of hydrogen-bond acceptors (Lipinski definition) is 5. The topological polar surface area (TPSA) is 71.0 Å². The highest BCUT2D eigenvalue weighted by Crippen LogP contribution is 2.37. The summed E-state index contributed by atoms with van der Waals surface area (Å²) in [7, 11) is 1.44.